The summed E-state index contributed by atoms with van der Waals surface area (Å²) in [6.45, 7) is 10.1. The van der Waals surface area contributed by atoms with Crippen LogP contribution in [0.2, 0.25) is 0 Å². The molecule has 0 aliphatic carbocycles. The predicted octanol–water partition coefficient (Wildman–Crippen LogP) is 2.40. The van der Waals surface area contributed by atoms with Crippen molar-refractivity contribution in [2.75, 3.05) is 13.7 Å². The third kappa shape index (κ3) is 4.95. The first-order valence-corrected chi connectivity index (χ1v) is 9.60. The summed E-state index contributed by atoms with van der Waals surface area (Å²) in [6.07, 6.45) is 0. The summed E-state index contributed by atoms with van der Waals surface area (Å²) in [5.41, 5.74) is 0.202. The predicted molar refractivity (Wildman–Crippen MR) is 94.8 cm³/mol. The summed E-state index contributed by atoms with van der Waals surface area (Å²) in [4.78, 5) is 12.2. The molecule has 6 nitrogen and oxygen atoms in total. The molecule has 0 saturated heterocycles. The molecule has 0 fully saturated rings. The van der Waals surface area contributed by atoms with Crippen LogP contribution in [-0.2, 0) is 10.0 Å². The zero-order valence-corrected chi connectivity index (χ0v) is 16.0. The van der Waals surface area contributed by atoms with Gasteiger partial charge in [0.15, 0.2) is 0 Å². The standard InChI is InChI=1S/C17H28N2O4S/c1-7-18-17(20)14-10-13(8-9-15(14)23-6)24(21,22)19-16(11(2)3)12(4)5/h8-12,16,19H,7H2,1-6H3,(H,18,20). The molecule has 1 amide bonds. The van der Waals surface area contributed by atoms with Gasteiger partial charge in [-0.3, -0.25) is 4.79 Å². The average Bonchev–Trinajstić information content (AvgIpc) is 2.51. The number of benzene rings is 1. The van der Waals surface area contributed by atoms with E-state index < -0.39 is 10.0 Å². The van der Waals surface area contributed by atoms with Crippen molar-refractivity contribution in [1.82, 2.24) is 10.0 Å². The topological polar surface area (TPSA) is 84.5 Å². The average molecular weight is 356 g/mol. The summed E-state index contributed by atoms with van der Waals surface area (Å²) in [6, 6.07) is 4.11. The maximum atomic E-state index is 12.7. The normalized spacial score (nSPS) is 12.0. The Labute approximate surface area is 145 Å². The molecule has 0 radical (unpaired) electrons. The first kappa shape index (κ1) is 20.4. The smallest absolute Gasteiger partial charge is 0.255 e. The van der Waals surface area contributed by atoms with E-state index in [2.05, 4.69) is 10.0 Å². The molecule has 136 valence electrons. The third-order valence-electron chi connectivity index (χ3n) is 3.79. The fourth-order valence-corrected chi connectivity index (χ4v) is 4.14. The highest BCUT2D eigenvalue weighted by molar-refractivity contribution is 7.89. The van der Waals surface area contributed by atoms with E-state index in [0.29, 0.717) is 12.3 Å². The van der Waals surface area contributed by atoms with Gasteiger partial charge in [0.1, 0.15) is 5.75 Å². The molecule has 1 aromatic rings. The minimum atomic E-state index is -3.73. The van der Waals surface area contributed by atoms with E-state index in [9.17, 15) is 13.2 Å². The molecule has 2 N–H and O–H groups in total. The summed E-state index contributed by atoms with van der Waals surface area (Å²) < 4.78 is 33.3. The molecule has 7 heteroatoms. The molecule has 1 aromatic carbocycles. The molecule has 0 spiro atoms. The number of carbonyl (C=O) groups excluding carboxylic acids is 1. The molecule has 0 aliphatic heterocycles. The molecule has 0 unspecified atom stereocenters. The molecular formula is C17H28N2O4S. The number of amides is 1. The van der Waals surface area contributed by atoms with Crippen LogP contribution in [0.4, 0.5) is 0 Å². The van der Waals surface area contributed by atoms with Gasteiger partial charge < -0.3 is 10.1 Å². The summed E-state index contributed by atoms with van der Waals surface area (Å²) in [5, 5.41) is 2.66. The molecule has 1 rings (SSSR count). The van der Waals surface area contributed by atoms with Crippen LogP contribution < -0.4 is 14.8 Å². The number of nitrogens with one attached hydrogen (secondary N) is 2. The molecule has 0 heterocycles. The summed E-state index contributed by atoms with van der Waals surface area (Å²) in [7, 11) is -2.29. The minimum absolute atomic E-state index is 0.0517. The highest BCUT2D eigenvalue weighted by Gasteiger charge is 2.26. The Morgan fingerprint density at radius 1 is 1.17 bits per heavy atom. The van der Waals surface area contributed by atoms with Crippen LogP contribution in [0.5, 0.6) is 5.75 Å². The van der Waals surface area contributed by atoms with Gasteiger partial charge >= 0.3 is 0 Å². The maximum absolute atomic E-state index is 12.7. The maximum Gasteiger partial charge on any atom is 0.255 e. The lowest BCUT2D eigenvalue weighted by atomic mass is 9.94. The van der Waals surface area contributed by atoms with Crippen LogP contribution in [0.25, 0.3) is 0 Å². The van der Waals surface area contributed by atoms with Crippen molar-refractivity contribution in [3.05, 3.63) is 23.8 Å². The SMILES string of the molecule is CCNC(=O)c1cc(S(=O)(=O)NC(C(C)C)C(C)C)ccc1OC. The van der Waals surface area contributed by atoms with Gasteiger partial charge in [0.05, 0.1) is 17.6 Å². The molecule has 0 aliphatic rings. The van der Waals surface area contributed by atoms with Gasteiger partial charge in [0.25, 0.3) is 5.91 Å². The Morgan fingerprint density at radius 2 is 1.75 bits per heavy atom. The Morgan fingerprint density at radius 3 is 2.21 bits per heavy atom. The second-order valence-corrected chi connectivity index (χ2v) is 8.07. The van der Waals surface area contributed by atoms with Gasteiger partial charge in [-0.05, 0) is 37.0 Å². The van der Waals surface area contributed by atoms with Crippen molar-refractivity contribution in [3.8, 4) is 5.75 Å². The number of rotatable bonds is 8. The number of hydrogen-bond donors (Lipinski definition) is 2. The van der Waals surface area contributed by atoms with Crippen molar-refractivity contribution >= 4 is 15.9 Å². The van der Waals surface area contributed by atoms with Gasteiger partial charge in [-0.2, -0.15) is 0 Å². The van der Waals surface area contributed by atoms with Crippen LogP contribution in [0, 0.1) is 11.8 Å². The summed E-state index contributed by atoms with van der Waals surface area (Å²) in [5.74, 6) is 0.279. The van der Waals surface area contributed by atoms with E-state index in [-0.39, 0.29) is 34.2 Å². The fraction of sp³-hybridized carbons (Fsp3) is 0.588. The highest BCUT2D eigenvalue weighted by atomic mass is 32.2. The molecule has 0 atom stereocenters. The molecule has 0 bridgehead atoms. The number of methoxy groups -OCH3 is 1. The van der Waals surface area contributed by atoms with E-state index in [1.165, 1.54) is 25.3 Å². The Balaban J connectivity index is 3.25. The number of carbonyl (C=O) groups is 1. The lowest BCUT2D eigenvalue weighted by Crippen LogP contribution is -2.42. The zero-order chi connectivity index (χ0) is 18.5. The zero-order valence-electron chi connectivity index (χ0n) is 15.2. The van der Waals surface area contributed by atoms with Crippen molar-refractivity contribution in [1.29, 1.82) is 0 Å². The summed E-state index contributed by atoms with van der Waals surface area (Å²) >= 11 is 0. The largest absolute Gasteiger partial charge is 0.496 e. The lowest BCUT2D eigenvalue weighted by Gasteiger charge is -2.26. The second kappa shape index (κ2) is 8.48. The van der Waals surface area contributed by atoms with Gasteiger partial charge in [0, 0.05) is 12.6 Å². The van der Waals surface area contributed by atoms with Crippen molar-refractivity contribution in [2.24, 2.45) is 11.8 Å². The van der Waals surface area contributed by atoms with Crippen LogP contribution >= 0.6 is 0 Å². The first-order chi connectivity index (χ1) is 11.1. The Kier molecular flexibility index (Phi) is 7.23. The Bertz CT molecular complexity index is 661. The molecular weight excluding hydrogens is 328 g/mol. The van der Waals surface area contributed by atoms with Crippen molar-refractivity contribution < 1.29 is 17.9 Å². The number of ether oxygens (including phenoxy) is 1. The molecule has 24 heavy (non-hydrogen) atoms. The van der Waals surface area contributed by atoms with Crippen LogP contribution in [0.15, 0.2) is 23.1 Å². The Hall–Kier alpha value is -1.60. The number of hydrogen-bond acceptors (Lipinski definition) is 4. The van der Waals surface area contributed by atoms with E-state index in [1.54, 1.807) is 6.92 Å². The second-order valence-electron chi connectivity index (χ2n) is 6.36. The minimum Gasteiger partial charge on any atom is -0.496 e. The quantitative estimate of drug-likeness (QED) is 0.749. The van der Waals surface area contributed by atoms with Crippen LogP contribution in [0.1, 0.15) is 45.0 Å². The van der Waals surface area contributed by atoms with Crippen LogP contribution in [0.3, 0.4) is 0 Å². The number of sulfonamides is 1. The lowest BCUT2D eigenvalue weighted by molar-refractivity contribution is 0.0952. The fourth-order valence-electron chi connectivity index (χ4n) is 2.58. The molecule has 0 aromatic heterocycles. The monoisotopic (exact) mass is 356 g/mol. The van der Waals surface area contributed by atoms with Gasteiger partial charge in [0.2, 0.25) is 10.0 Å². The van der Waals surface area contributed by atoms with E-state index in [0.717, 1.165) is 0 Å². The highest BCUT2D eigenvalue weighted by Crippen LogP contribution is 2.24. The van der Waals surface area contributed by atoms with Gasteiger partial charge in [-0.1, -0.05) is 27.7 Å². The van der Waals surface area contributed by atoms with Crippen LogP contribution in [-0.4, -0.2) is 34.0 Å². The third-order valence-corrected chi connectivity index (χ3v) is 5.25. The van der Waals surface area contributed by atoms with E-state index in [1.807, 2.05) is 27.7 Å². The molecule has 0 saturated carbocycles. The van der Waals surface area contributed by atoms with Crippen molar-refractivity contribution in [3.63, 3.8) is 0 Å². The van der Waals surface area contributed by atoms with E-state index >= 15 is 0 Å². The van der Waals surface area contributed by atoms with Gasteiger partial charge in [-0.25, -0.2) is 13.1 Å². The first-order valence-electron chi connectivity index (χ1n) is 8.12. The van der Waals surface area contributed by atoms with Gasteiger partial charge in [-0.15, -0.1) is 0 Å². The van der Waals surface area contributed by atoms with Crippen molar-refractivity contribution in [2.45, 2.75) is 45.6 Å². The van der Waals surface area contributed by atoms with E-state index in [4.69, 9.17) is 4.74 Å².